The van der Waals surface area contributed by atoms with Gasteiger partial charge in [0.1, 0.15) is 5.75 Å². The van der Waals surface area contributed by atoms with Crippen molar-refractivity contribution in [1.82, 2.24) is 0 Å². The molecule has 3 heteroatoms. The van der Waals surface area contributed by atoms with E-state index in [1.54, 1.807) is 7.11 Å². The molecule has 0 unspecified atom stereocenters. The van der Waals surface area contributed by atoms with E-state index in [-0.39, 0.29) is 36.4 Å². The molecule has 4 aliphatic rings. The number of methoxy groups -OCH3 is 1. The minimum absolute atomic E-state index is 0. The Bertz CT molecular complexity index is 588. The monoisotopic (exact) mass is 352 g/mol. The molecule has 4 fully saturated rings. The fraction of sp³-hybridized carbons (Fsp3) is 0.727. The molecule has 4 bridgehead atoms. The summed E-state index contributed by atoms with van der Waals surface area (Å²) in [6.45, 7) is 7.26. The van der Waals surface area contributed by atoms with Crippen molar-refractivity contribution in [3.8, 4) is 5.75 Å². The van der Waals surface area contributed by atoms with Crippen LogP contribution in [0.15, 0.2) is 18.2 Å². The minimum Gasteiger partial charge on any atom is -1.00 e. The summed E-state index contributed by atoms with van der Waals surface area (Å²) in [5.41, 5.74) is 3.44. The molecule has 1 aromatic carbocycles. The molecule has 0 radical (unpaired) electrons. The van der Waals surface area contributed by atoms with Crippen molar-refractivity contribution >= 4 is 0 Å². The van der Waals surface area contributed by atoms with Crippen LogP contribution in [0.4, 0.5) is 0 Å². The van der Waals surface area contributed by atoms with E-state index in [1.807, 2.05) is 0 Å². The molecule has 134 valence electrons. The van der Waals surface area contributed by atoms with Crippen molar-refractivity contribution in [2.45, 2.75) is 70.1 Å². The van der Waals surface area contributed by atoms with Gasteiger partial charge in [-0.3, -0.25) is 0 Å². The van der Waals surface area contributed by atoms with Crippen molar-refractivity contribution in [1.29, 1.82) is 0 Å². The maximum atomic E-state index is 6.02. The zero-order valence-corrected chi connectivity index (χ0v) is 18.7. The first kappa shape index (κ1) is 19.7. The molecule has 0 N–H and O–H groups in total. The average Bonchev–Trinajstić information content (AvgIpc) is 2.50. The van der Waals surface area contributed by atoms with E-state index in [0.29, 0.717) is 12.2 Å². The van der Waals surface area contributed by atoms with Gasteiger partial charge in [0.15, 0.2) is 6.79 Å². The minimum atomic E-state index is 0. The Morgan fingerprint density at radius 3 is 2.08 bits per heavy atom. The Morgan fingerprint density at radius 2 is 1.60 bits per heavy atom. The average molecular weight is 352 g/mol. The number of hydrogen-bond donors (Lipinski definition) is 0. The summed E-state index contributed by atoms with van der Waals surface area (Å²) < 4.78 is 11.2. The van der Waals surface area contributed by atoms with E-state index in [9.17, 15) is 0 Å². The molecule has 2 nitrogen and oxygen atoms in total. The molecule has 0 spiro atoms. The Labute approximate surface area is 176 Å². The van der Waals surface area contributed by atoms with Crippen molar-refractivity contribution in [3.63, 3.8) is 0 Å². The van der Waals surface area contributed by atoms with Gasteiger partial charge in [0, 0.05) is 12.7 Å². The Hall–Kier alpha value is -0.0200. The maximum absolute atomic E-state index is 6.02. The molecule has 25 heavy (non-hydrogen) atoms. The molecule has 0 atom stereocenters. The summed E-state index contributed by atoms with van der Waals surface area (Å²) in [6, 6.07) is 6.92. The molecule has 0 aromatic heterocycles. The van der Waals surface area contributed by atoms with Gasteiger partial charge in [0.2, 0.25) is 0 Å². The Kier molecular flexibility index (Phi) is 5.67. The number of ether oxygens (including phenoxy) is 2. The van der Waals surface area contributed by atoms with Gasteiger partial charge in [-0.25, -0.2) is 0 Å². The second-order valence-electron chi connectivity index (χ2n) is 9.71. The van der Waals surface area contributed by atoms with Gasteiger partial charge in [-0.15, -0.1) is 0 Å². The summed E-state index contributed by atoms with van der Waals surface area (Å²) in [5, 5.41) is 0. The zero-order chi connectivity index (χ0) is 16.9. The fourth-order valence-electron chi connectivity index (χ4n) is 6.10. The van der Waals surface area contributed by atoms with Crippen molar-refractivity contribution in [3.05, 3.63) is 29.3 Å². The first-order valence-electron chi connectivity index (χ1n) is 9.66. The van der Waals surface area contributed by atoms with Crippen molar-refractivity contribution in [2.75, 3.05) is 13.9 Å². The van der Waals surface area contributed by atoms with Crippen LogP contribution in [0.2, 0.25) is 0 Å². The van der Waals surface area contributed by atoms with Gasteiger partial charge < -0.3 is 10.9 Å². The Morgan fingerprint density at radius 1 is 1.04 bits per heavy atom. The molecule has 5 rings (SSSR count). The van der Waals surface area contributed by atoms with Gasteiger partial charge >= 0.3 is 29.6 Å². The molecular weight excluding hydrogens is 319 g/mol. The van der Waals surface area contributed by atoms with Crippen LogP contribution in [0.1, 0.15) is 71.8 Å². The van der Waals surface area contributed by atoms with Crippen LogP contribution in [-0.2, 0) is 15.6 Å². The van der Waals surface area contributed by atoms with Crippen LogP contribution < -0.4 is 34.3 Å². The summed E-state index contributed by atoms with van der Waals surface area (Å²) in [4.78, 5) is 0. The van der Waals surface area contributed by atoms with Crippen molar-refractivity contribution in [2.24, 2.45) is 17.8 Å². The smallest absolute Gasteiger partial charge is 1.00 e. The summed E-state index contributed by atoms with van der Waals surface area (Å²) >= 11 is 0. The van der Waals surface area contributed by atoms with Crippen LogP contribution in [0.25, 0.3) is 0 Å². The molecule has 4 aliphatic carbocycles. The number of rotatable bonds is 4. The van der Waals surface area contributed by atoms with Gasteiger partial charge in [-0.05, 0) is 78.7 Å². The van der Waals surface area contributed by atoms with Gasteiger partial charge in [-0.1, -0.05) is 32.9 Å². The molecule has 0 heterocycles. The quantitative estimate of drug-likeness (QED) is 0.612. The van der Waals surface area contributed by atoms with Gasteiger partial charge in [0.25, 0.3) is 0 Å². The summed E-state index contributed by atoms with van der Waals surface area (Å²) in [6.07, 6.45) is 8.55. The van der Waals surface area contributed by atoms with E-state index in [0.717, 1.165) is 23.5 Å². The number of benzene rings is 1. The first-order chi connectivity index (χ1) is 11.4. The van der Waals surface area contributed by atoms with E-state index >= 15 is 0 Å². The SMILES string of the molecule is COCOc1ccc(C(C)(C)C)cc1C12CC3CC(CC(C3)C1)C2.[H-].[Na+]. The molecular formula is C22H33NaO2. The predicted molar refractivity (Wildman–Crippen MR) is 98.6 cm³/mol. The fourth-order valence-corrected chi connectivity index (χ4v) is 6.10. The summed E-state index contributed by atoms with van der Waals surface area (Å²) in [5.74, 6) is 3.91. The third-order valence-electron chi connectivity index (χ3n) is 6.79. The molecule has 0 saturated heterocycles. The zero-order valence-electron chi connectivity index (χ0n) is 17.7. The predicted octanol–water partition coefficient (Wildman–Crippen LogP) is 2.55. The largest absolute Gasteiger partial charge is 1.00 e. The van der Waals surface area contributed by atoms with Crippen LogP contribution in [0.3, 0.4) is 0 Å². The topological polar surface area (TPSA) is 18.5 Å². The Balaban J connectivity index is 0.00000121. The molecule has 0 aliphatic heterocycles. The van der Waals surface area contributed by atoms with Crippen LogP contribution in [0.5, 0.6) is 5.75 Å². The van der Waals surface area contributed by atoms with E-state index < -0.39 is 0 Å². The maximum Gasteiger partial charge on any atom is 1.00 e. The second kappa shape index (κ2) is 7.19. The summed E-state index contributed by atoms with van der Waals surface area (Å²) in [7, 11) is 1.70. The standard InChI is InChI=1S/C22H32O2.Na.H/c1-21(2,3)18-5-6-20(24-14-23-4)19(10-18)22-11-15-7-16(12-22)9-17(8-15)13-22;;/h5-6,10,15-17H,7-9,11-14H2,1-4H3;;/q;+1;-1. The van der Waals surface area contributed by atoms with Gasteiger partial charge in [0.05, 0.1) is 0 Å². The van der Waals surface area contributed by atoms with Crippen LogP contribution in [-0.4, -0.2) is 13.9 Å². The van der Waals surface area contributed by atoms with Crippen molar-refractivity contribution < 1.29 is 40.5 Å². The first-order valence-corrected chi connectivity index (χ1v) is 9.66. The second-order valence-corrected chi connectivity index (χ2v) is 9.71. The number of hydrogen-bond acceptors (Lipinski definition) is 2. The van der Waals surface area contributed by atoms with E-state index in [2.05, 4.69) is 39.0 Å². The van der Waals surface area contributed by atoms with E-state index in [1.165, 1.54) is 49.7 Å². The third-order valence-corrected chi connectivity index (χ3v) is 6.79. The molecule has 1 aromatic rings. The van der Waals surface area contributed by atoms with Crippen LogP contribution in [0, 0.1) is 17.8 Å². The molecule has 0 amide bonds. The third kappa shape index (κ3) is 3.70. The molecule has 4 saturated carbocycles. The normalized spacial score (nSPS) is 33.2. The van der Waals surface area contributed by atoms with Crippen LogP contribution >= 0.6 is 0 Å². The van der Waals surface area contributed by atoms with E-state index in [4.69, 9.17) is 9.47 Å². The van der Waals surface area contributed by atoms with Gasteiger partial charge in [-0.2, -0.15) is 0 Å².